The highest BCUT2D eigenvalue weighted by atomic mass is 32.1. The van der Waals surface area contributed by atoms with Gasteiger partial charge in [0, 0.05) is 41.6 Å². The van der Waals surface area contributed by atoms with Crippen LogP contribution in [-0.2, 0) is 13.0 Å². The van der Waals surface area contributed by atoms with Crippen LogP contribution in [0.5, 0.6) is 0 Å². The van der Waals surface area contributed by atoms with Crippen molar-refractivity contribution in [2.24, 2.45) is 5.92 Å². The second-order valence-electron chi connectivity index (χ2n) is 10.7. The summed E-state index contributed by atoms with van der Waals surface area (Å²) in [7, 11) is 0. The Morgan fingerprint density at radius 3 is 2.81 bits per heavy atom. The van der Waals surface area contributed by atoms with Crippen molar-refractivity contribution < 1.29 is 4.79 Å². The topological polar surface area (TPSA) is 59.8 Å². The van der Waals surface area contributed by atoms with Crippen molar-refractivity contribution in [3.63, 3.8) is 0 Å². The largest absolute Gasteiger partial charge is 0.352 e. The van der Waals surface area contributed by atoms with E-state index in [0.717, 1.165) is 64.8 Å². The van der Waals surface area contributed by atoms with Crippen LogP contribution >= 0.6 is 11.3 Å². The van der Waals surface area contributed by atoms with Gasteiger partial charge >= 0.3 is 0 Å². The number of nitrogens with one attached hydrogen (secondary N) is 1. The Labute approximate surface area is 225 Å². The number of carbonyl (C=O) groups excluding carboxylic acids is 1. The summed E-state index contributed by atoms with van der Waals surface area (Å²) in [6, 6.07) is 6.24. The summed E-state index contributed by atoms with van der Waals surface area (Å²) >= 11 is 1.66. The van der Waals surface area contributed by atoms with Crippen LogP contribution in [0.25, 0.3) is 22.0 Å². The van der Waals surface area contributed by atoms with Crippen LogP contribution in [0, 0.1) is 12.8 Å². The molecule has 1 saturated carbocycles. The van der Waals surface area contributed by atoms with Gasteiger partial charge < -0.3 is 9.88 Å². The number of amides is 1. The Morgan fingerprint density at radius 2 is 2.03 bits per heavy atom. The maximum atomic E-state index is 13.3. The minimum Gasteiger partial charge on any atom is -0.352 e. The summed E-state index contributed by atoms with van der Waals surface area (Å²) in [5.74, 6) is 0.671. The van der Waals surface area contributed by atoms with E-state index in [-0.39, 0.29) is 5.91 Å². The molecule has 3 aromatic heterocycles. The third-order valence-corrected chi connectivity index (χ3v) is 9.01. The van der Waals surface area contributed by atoms with E-state index in [1.807, 2.05) is 12.3 Å². The van der Waals surface area contributed by atoms with E-state index in [0.29, 0.717) is 5.92 Å². The van der Waals surface area contributed by atoms with Crippen LogP contribution in [0.3, 0.4) is 0 Å². The predicted molar refractivity (Wildman–Crippen MR) is 153 cm³/mol. The molecule has 0 saturated heterocycles. The summed E-state index contributed by atoms with van der Waals surface area (Å²) in [6.07, 6.45) is 17.6. The molecule has 0 spiro atoms. The van der Waals surface area contributed by atoms with Crippen LogP contribution in [0.1, 0.15) is 92.9 Å². The fraction of sp³-hybridized carbons (Fsp3) is 0.516. The van der Waals surface area contributed by atoms with Gasteiger partial charge in [-0.1, -0.05) is 37.8 Å². The van der Waals surface area contributed by atoms with E-state index in [1.54, 1.807) is 16.9 Å². The number of carbonyl (C=O) groups is 1. The van der Waals surface area contributed by atoms with E-state index >= 15 is 0 Å². The first-order chi connectivity index (χ1) is 18.1. The number of aromatic nitrogens is 3. The molecule has 0 unspecified atom stereocenters. The number of rotatable bonds is 9. The Balaban J connectivity index is 1.41. The van der Waals surface area contributed by atoms with E-state index in [1.165, 1.54) is 57.8 Å². The number of aryl methyl sites for hydroxylation is 1. The molecule has 6 heteroatoms. The van der Waals surface area contributed by atoms with Crippen molar-refractivity contribution in [2.45, 2.75) is 91.0 Å². The molecule has 0 aliphatic heterocycles. The van der Waals surface area contributed by atoms with E-state index in [9.17, 15) is 4.79 Å². The lowest BCUT2D eigenvalue weighted by Gasteiger charge is -2.21. The van der Waals surface area contributed by atoms with Crippen molar-refractivity contribution in [3.8, 4) is 22.0 Å². The zero-order chi connectivity index (χ0) is 25.6. The first-order valence-corrected chi connectivity index (χ1v) is 15.1. The Bertz CT molecular complexity index is 1250. The van der Waals surface area contributed by atoms with Gasteiger partial charge in [-0.2, -0.15) is 0 Å². The second-order valence-corrected chi connectivity index (χ2v) is 11.5. The summed E-state index contributed by atoms with van der Waals surface area (Å²) in [4.78, 5) is 22.8. The average molecular weight is 517 g/mol. The maximum Gasteiger partial charge on any atom is 0.253 e. The number of allylic oxidation sites excluding steroid dienone is 2. The monoisotopic (exact) mass is 516 g/mol. The van der Waals surface area contributed by atoms with Gasteiger partial charge in [0.05, 0.1) is 17.0 Å². The molecule has 5 rings (SSSR count). The zero-order valence-corrected chi connectivity index (χ0v) is 23.2. The minimum absolute atomic E-state index is 0.0529. The standard InChI is InChI=1S/C31H40N4OS/c1-3-26-18-25(14-16-32-26)31-34-28(21-37-31)29-19-27(30(36)33-20-24-12-8-5-9-13-24)22(2)35(29)17-15-23-10-6-4-7-11-23/h10,14,16,18-19,21,24H,3-9,11-13,15,17,20H2,1-2H3,(H,33,36). The molecule has 0 bridgehead atoms. The molecular weight excluding hydrogens is 476 g/mol. The van der Waals surface area contributed by atoms with Gasteiger partial charge in [-0.25, -0.2) is 4.98 Å². The summed E-state index contributed by atoms with van der Waals surface area (Å²) in [6.45, 7) is 5.88. The number of thiazole rings is 1. The van der Waals surface area contributed by atoms with Crippen LogP contribution in [-0.4, -0.2) is 27.0 Å². The van der Waals surface area contributed by atoms with Crippen LogP contribution < -0.4 is 5.32 Å². The van der Waals surface area contributed by atoms with Crippen LogP contribution in [0.15, 0.2) is 41.4 Å². The molecule has 37 heavy (non-hydrogen) atoms. The fourth-order valence-electron chi connectivity index (χ4n) is 5.81. The third-order valence-electron chi connectivity index (χ3n) is 8.12. The van der Waals surface area contributed by atoms with Gasteiger partial charge in [-0.3, -0.25) is 9.78 Å². The van der Waals surface area contributed by atoms with Gasteiger partial charge in [-0.05, 0) is 82.4 Å². The van der Waals surface area contributed by atoms with Crippen LogP contribution in [0.4, 0.5) is 0 Å². The lowest BCUT2D eigenvalue weighted by Crippen LogP contribution is -2.30. The smallest absolute Gasteiger partial charge is 0.253 e. The average Bonchev–Trinajstić information content (AvgIpc) is 3.56. The van der Waals surface area contributed by atoms with Gasteiger partial charge in [0.2, 0.25) is 0 Å². The molecule has 0 radical (unpaired) electrons. The highest BCUT2D eigenvalue weighted by Crippen LogP contribution is 2.33. The molecular formula is C31H40N4OS. The Kier molecular flexibility index (Phi) is 8.55. The second kappa shape index (κ2) is 12.2. The van der Waals surface area contributed by atoms with Gasteiger partial charge in [0.1, 0.15) is 5.01 Å². The number of pyridine rings is 1. The van der Waals surface area contributed by atoms with E-state index < -0.39 is 0 Å². The molecule has 0 aromatic carbocycles. The lowest BCUT2D eigenvalue weighted by molar-refractivity contribution is 0.0943. The van der Waals surface area contributed by atoms with E-state index in [4.69, 9.17) is 4.98 Å². The van der Waals surface area contributed by atoms with Crippen molar-refractivity contribution in [1.29, 1.82) is 0 Å². The molecule has 1 amide bonds. The SMILES string of the molecule is CCc1cc(-c2nc(-c3cc(C(=O)NCC4CCCCC4)c(C)n3CCC3=CCCCC3)cs2)ccn1. The molecule has 5 nitrogen and oxygen atoms in total. The summed E-state index contributed by atoms with van der Waals surface area (Å²) < 4.78 is 2.33. The molecule has 1 N–H and O–H groups in total. The van der Waals surface area contributed by atoms with Gasteiger partial charge in [0.25, 0.3) is 5.91 Å². The van der Waals surface area contributed by atoms with Crippen molar-refractivity contribution >= 4 is 17.2 Å². The summed E-state index contributed by atoms with van der Waals surface area (Å²) in [5, 5.41) is 6.39. The molecule has 2 aliphatic rings. The van der Waals surface area contributed by atoms with Crippen LogP contribution in [0.2, 0.25) is 0 Å². The maximum absolute atomic E-state index is 13.3. The number of nitrogens with zero attached hydrogens (tertiary/aromatic N) is 3. The lowest BCUT2D eigenvalue weighted by atomic mass is 9.89. The molecule has 2 aliphatic carbocycles. The normalized spacial score (nSPS) is 16.5. The first-order valence-electron chi connectivity index (χ1n) is 14.2. The number of hydrogen-bond donors (Lipinski definition) is 1. The first kappa shape index (κ1) is 25.9. The zero-order valence-electron chi connectivity index (χ0n) is 22.4. The Morgan fingerprint density at radius 1 is 1.16 bits per heavy atom. The van der Waals surface area contributed by atoms with Crippen molar-refractivity contribution in [3.05, 3.63) is 58.4 Å². The molecule has 196 valence electrons. The molecule has 0 atom stereocenters. The van der Waals surface area contributed by atoms with Gasteiger partial charge in [-0.15, -0.1) is 11.3 Å². The highest BCUT2D eigenvalue weighted by Gasteiger charge is 2.22. The minimum atomic E-state index is 0.0529. The summed E-state index contributed by atoms with van der Waals surface area (Å²) in [5.41, 5.74) is 7.55. The van der Waals surface area contributed by atoms with E-state index in [2.05, 4.69) is 52.3 Å². The highest BCUT2D eigenvalue weighted by molar-refractivity contribution is 7.13. The number of hydrogen-bond acceptors (Lipinski definition) is 4. The Hall–Kier alpha value is -2.73. The van der Waals surface area contributed by atoms with Crippen molar-refractivity contribution in [1.82, 2.24) is 19.9 Å². The van der Waals surface area contributed by atoms with Gasteiger partial charge in [0.15, 0.2) is 0 Å². The third kappa shape index (κ3) is 6.23. The molecule has 1 fully saturated rings. The van der Waals surface area contributed by atoms with Crippen molar-refractivity contribution in [2.75, 3.05) is 6.54 Å². The quantitative estimate of drug-likeness (QED) is 0.296. The molecule has 3 aromatic rings. The molecule has 3 heterocycles. The predicted octanol–water partition coefficient (Wildman–Crippen LogP) is 7.75. The fourth-order valence-corrected chi connectivity index (χ4v) is 6.63.